The van der Waals surface area contributed by atoms with Crippen LogP contribution in [0.25, 0.3) is 0 Å². The van der Waals surface area contributed by atoms with Crippen LogP contribution >= 0.6 is 0 Å². The Morgan fingerprint density at radius 3 is 2.15 bits per heavy atom. The predicted molar refractivity (Wildman–Crippen MR) is 95.6 cm³/mol. The highest BCUT2D eigenvalue weighted by molar-refractivity contribution is 5.94. The molecule has 1 saturated heterocycles. The number of rotatable bonds is 4. The van der Waals surface area contributed by atoms with Crippen molar-refractivity contribution in [3.63, 3.8) is 0 Å². The van der Waals surface area contributed by atoms with Crippen molar-refractivity contribution in [2.24, 2.45) is 0 Å². The zero-order valence-corrected chi connectivity index (χ0v) is 14.3. The van der Waals surface area contributed by atoms with Gasteiger partial charge in [-0.1, -0.05) is 18.2 Å². The quantitative estimate of drug-likeness (QED) is 0.845. The molecule has 0 saturated carbocycles. The van der Waals surface area contributed by atoms with Gasteiger partial charge in [0.15, 0.2) is 6.61 Å². The standard InChI is InChI=1S/C20H19N3O3/c21-14-16-6-8-18(9-7-16)26-15-19(24)22-10-12-23(13-11-22)20(25)17-4-2-1-3-5-17/h1-9H,10-13,15H2. The van der Waals surface area contributed by atoms with E-state index in [0.717, 1.165) is 0 Å². The van der Waals surface area contributed by atoms with E-state index in [9.17, 15) is 9.59 Å². The van der Waals surface area contributed by atoms with Crippen LogP contribution in [0.2, 0.25) is 0 Å². The average Bonchev–Trinajstić information content (AvgIpc) is 2.72. The van der Waals surface area contributed by atoms with Crippen molar-refractivity contribution >= 4 is 11.8 Å². The lowest BCUT2D eigenvalue weighted by Gasteiger charge is -2.34. The molecule has 0 bridgehead atoms. The SMILES string of the molecule is N#Cc1ccc(OCC(=O)N2CCN(C(=O)c3ccccc3)CC2)cc1. The topological polar surface area (TPSA) is 73.6 Å². The molecule has 3 rings (SSSR count). The Balaban J connectivity index is 1.47. The minimum Gasteiger partial charge on any atom is -0.484 e. The molecule has 1 aliphatic heterocycles. The number of hydrogen-bond donors (Lipinski definition) is 0. The van der Waals surface area contributed by atoms with Crippen molar-refractivity contribution in [1.82, 2.24) is 9.80 Å². The van der Waals surface area contributed by atoms with Gasteiger partial charge in [-0.25, -0.2) is 0 Å². The molecule has 1 fully saturated rings. The van der Waals surface area contributed by atoms with Gasteiger partial charge in [0.05, 0.1) is 11.6 Å². The van der Waals surface area contributed by atoms with Crippen molar-refractivity contribution in [1.29, 1.82) is 5.26 Å². The molecule has 6 heteroatoms. The van der Waals surface area contributed by atoms with Crippen LogP contribution in [-0.2, 0) is 4.79 Å². The van der Waals surface area contributed by atoms with E-state index >= 15 is 0 Å². The molecule has 0 spiro atoms. The van der Waals surface area contributed by atoms with Gasteiger partial charge >= 0.3 is 0 Å². The third kappa shape index (κ3) is 4.19. The second-order valence-electron chi connectivity index (χ2n) is 5.96. The van der Waals surface area contributed by atoms with Crippen LogP contribution in [-0.4, -0.2) is 54.4 Å². The maximum Gasteiger partial charge on any atom is 0.260 e. The summed E-state index contributed by atoms with van der Waals surface area (Å²) in [6.07, 6.45) is 0. The number of nitrogens with zero attached hydrogens (tertiary/aromatic N) is 3. The first-order valence-electron chi connectivity index (χ1n) is 8.42. The molecule has 1 aliphatic rings. The van der Waals surface area contributed by atoms with Crippen LogP contribution in [0.3, 0.4) is 0 Å². The van der Waals surface area contributed by atoms with Crippen LogP contribution in [0, 0.1) is 11.3 Å². The van der Waals surface area contributed by atoms with E-state index in [-0.39, 0.29) is 18.4 Å². The Kier molecular flexibility index (Phi) is 5.49. The zero-order chi connectivity index (χ0) is 18.4. The highest BCUT2D eigenvalue weighted by Crippen LogP contribution is 2.13. The third-order valence-electron chi connectivity index (χ3n) is 4.29. The van der Waals surface area contributed by atoms with Gasteiger partial charge in [0.1, 0.15) is 5.75 Å². The maximum absolute atomic E-state index is 12.4. The molecule has 2 aromatic carbocycles. The third-order valence-corrected chi connectivity index (χ3v) is 4.29. The van der Waals surface area contributed by atoms with E-state index in [0.29, 0.717) is 43.1 Å². The van der Waals surface area contributed by atoms with Crippen LogP contribution < -0.4 is 4.74 Å². The molecular formula is C20H19N3O3. The Hall–Kier alpha value is -3.33. The molecule has 0 aromatic heterocycles. The molecule has 0 aliphatic carbocycles. The molecule has 2 aromatic rings. The molecule has 6 nitrogen and oxygen atoms in total. The number of carbonyl (C=O) groups is 2. The number of amides is 2. The Morgan fingerprint density at radius 1 is 0.923 bits per heavy atom. The number of carbonyl (C=O) groups excluding carboxylic acids is 2. The van der Waals surface area contributed by atoms with Crippen molar-refractivity contribution in [2.45, 2.75) is 0 Å². The second-order valence-corrected chi connectivity index (χ2v) is 5.96. The summed E-state index contributed by atoms with van der Waals surface area (Å²) in [6, 6.07) is 17.8. The summed E-state index contributed by atoms with van der Waals surface area (Å²) in [5.74, 6) is 0.433. The first-order chi connectivity index (χ1) is 12.7. The maximum atomic E-state index is 12.4. The van der Waals surface area contributed by atoms with Gasteiger partial charge in [0.2, 0.25) is 0 Å². The minimum absolute atomic E-state index is 0.00784. The van der Waals surface area contributed by atoms with E-state index in [4.69, 9.17) is 10.00 Å². The molecule has 1 heterocycles. The summed E-state index contributed by atoms with van der Waals surface area (Å²) < 4.78 is 5.48. The van der Waals surface area contributed by atoms with Crippen LogP contribution in [0.5, 0.6) is 5.75 Å². The number of piperazine rings is 1. The number of nitriles is 1. The lowest BCUT2D eigenvalue weighted by atomic mass is 10.2. The van der Waals surface area contributed by atoms with Crippen LogP contribution in [0.15, 0.2) is 54.6 Å². The zero-order valence-electron chi connectivity index (χ0n) is 14.3. The van der Waals surface area contributed by atoms with Gasteiger partial charge in [-0.2, -0.15) is 5.26 Å². The number of benzene rings is 2. The lowest BCUT2D eigenvalue weighted by Crippen LogP contribution is -2.51. The summed E-state index contributed by atoms with van der Waals surface area (Å²) in [6.45, 7) is 1.95. The Labute approximate surface area is 152 Å². The van der Waals surface area contributed by atoms with Crippen molar-refractivity contribution in [3.05, 3.63) is 65.7 Å². The Morgan fingerprint density at radius 2 is 1.54 bits per heavy atom. The highest BCUT2D eigenvalue weighted by Gasteiger charge is 2.24. The molecule has 0 N–H and O–H groups in total. The predicted octanol–water partition coefficient (Wildman–Crippen LogP) is 1.92. The van der Waals surface area contributed by atoms with E-state index in [1.807, 2.05) is 24.3 Å². The van der Waals surface area contributed by atoms with Crippen LogP contribution in [0.4, 0.5) is 0 Å². The largest absolute Gasteiger partial charge is 0.484 e. The van der Waals surface area contributed by atoms with Gasteiger partial charge in [-0.15, -0.1) is 0 Å². The summed E-state index contributed by atoms with van der Waals surface area (Å²) in [5.41, 5.74) is 1.21. The van der Waals surface area contributed by atoms with E-state index in [1.54, 1.807) is 46.2 Å². The van der Waals surface area contributed by atoms with E-state index in [2.05, 4.69) is 0 Å². The van der Waals surface area contributed by atoms with Gasteiger partial charge in [0.25, 0.3) is 11.8 Å². The number of hydrogen-bond acceptors (Lipinski definition) is 4. The highest BCUT2D eigenvalue weighted by atomic mass is 16.5. The van der Waals surface area contributed by atoms with Gasteiger partial charge < -0.3 is 14.5 Å². The minimum atomic E-state index is -0.110. The monoisotopic (exact) mass is 349 g/mol. The molecule has 132 valence electrons. The molecule has 2 amide bonds. The van der Waals surface area contributed by atoms with E-state index < -0.39 is 0 Å². The van der Waals surface area contributed by atoms with Crippen molar-refractivity contribution in [3.8, 4) is 11.8 Å². The normalized spacial score (nSPS) is 13.8. The van der Waals surface area contributed by atoms with E-state index in [1.165, 1.54) is 0 Å². The first-order valence-corrected chi connectivity index (χ1v) is 8.42. The summed E-state index contributed by atoms with van der Waals surface area (Å²) in [4.78, 5) is 28.2. The fourth-order valence-electron chi connectivity index (χ4n) is 2.78. The van der Waals surface area contributed by atoms with Gasteiger partial charge in [-0.3, -0.25) is 9.59 Å². The van der Waals surface area contributed by atoms with Crippen LogP contribution in [0.1, 0.15) is 15.9 Å². The number of ether oxygens (including phenoxy) is 1. The van der Waals surface area contributed by atoms with Gasteiger partial charge in [0, 0.05) is 31.7 Å². The van der Waals surface area contributed by atoms with Crippen molar-refractivity contribution in [2.75, 3.05) is 32.8 Å². The average molecular weight is 349 g/mol. The fraction of sp³-hybridized carbons (Fsp3) is 0.250. The van der Waals surface area contributed by atoms with Gasteiger partial charge in [-0.05, 0) is 36.4 Å². The molecular weight excluding hydrogens is 330 g/mol. The smallest absolute Gasteiger partial charge is 0.260 e. The summed E-state index contributed by atoms with van der Waals surface area (Å²) >= 11 is 0. The summed E-state index contributed by atoms with van der Waals surface area (Å²) in [5, 5.41) is 8.77. The molecule has 0 radical (unpaired) electrons. The molecule has 26 heavy (non-hydrogen) atoms. The molecule has 0 unspecified atom stereocenters. The molecule has 0 atom stereocenters. The lowest BCUT2D eigenvalue weighted by molar-refractivity contribution is -0.134. The first kappa shape index (κ1) is 17.5. The Bertz CT molecular complexity index is 804. The second kappa shape index (κ2) is 8.17. The summed E-state index contributed by atoms with van der Waals surface area (Å²) in [7, 11) is 0. The fourth-order valence-corrected chi connectivity index (χ4v) is 2.78. The van der Waals surface area contributed by atoms with Crippen molar-refractivity contribution < 1.29 is 14.3 Å².